The summed E-state index contributed by atoms with van der Waals surface area (Å²) in [6.45, 7) is 0.373. The van der Waals surface area contributed by atoms with Crippen molar-refractivity contribution in [2.75, 3.05) is 12.4 Å². The molecule has 0 saturated heterocycles. The van der Waals surface area contributed by atoms with Crippen LogP contribution >= 0.6 is 11.5 Å². The van der Waals surface area contributed by atoms with E-state index in [1.807, 2.05) is 0 Å². The quantitative estimate of drug-likeness (QED) is 0.897. The standard InChI is InChI=1S/C12H12N4O3S/c1-16(12(19)14-10-6-13-15-20-10)7-8-2-4-9(5-3-8)11(17)18/h2-6H,7H2,1H3,(H,14,19)(H,17,18). The Balaban J connectivity index is 1.95. The highest BCUT2D eigenvalue weighted by Crippen LogP contribution is 2.11. The molecule has 1 aromatic heterocycles. The molecule has 0 fully saturated rings. The average molecular weight is 292 g/mol. The highest BCUT2D eigenvalue weighted by Gasteiger charge is 2.11. The summed E-state index contributed by atoms with van der Waals surface area (Å²) >= 11 is 1.10. The van der Waals surface area contributed by atoms with Crippen molar-refractivity contribution in [1.29, 1.82) is 0 Å². The van der Waals surface area contributed by atoms with Crippen LogP contribution in [-0.4, -0.2) is 38.6 Å². The predicted octanol–water partition coefficient (Wildman–Crippen LogP) is 1.90. The largest absolute Gasteiger partial charge is 0.478 e. The minimum atomic E-state index is -0.972. The maximum Gasteiger partial charge on any atom is 0.335 e. The van der Waals surface area contributed by atoms with Gasteiger partial charge in [0.2, 0.25) is 0 Å². The first-order valence-electron chi connectivity index (χ1n) is 5.68. The first-order valence-corrected chi connectivity index (χ1v) is 6.45. The Hall–Kier alpha value is -2.48. The van der Waals surface area contributed by atoms with E-state index in [-0.39, 0.29) is 11.6 Å². The second-order valence-corrected chi connectivity index (χ2v) is 4.86. The normalized spacial score (nSPS) is 10.1. The Bertz CT molecular complexity index is 598. The monoisotopic (exact) mass is 292 g/mol. The maximum atomic E-state index is 11.9. The minimum absolute atomic E-state index is 0.219. The Morgan fingerprint density at radius 1 is 1.35 bits per heavy atom. The van der Waals surface area contributed by atoms with Gasteiger partial charge in [-0.05, 0) is 17.7 Å². The lowest BCUT2D eigenvalue weighted by atomic mass is 10.1. The van der Waals surface area contributed by atoms with Crippen molar-refractivity contribution in [1.82, 2.24) is 14.5 Å². The van der Waals surface area contributed by atoms with Gasteiger partial charge >= 0.3 is 12.0 Å². The average Bonchev–Trinajstić information content (AvgIpc) is 2.92. The topological polar surface area (TPSA) is 95.4 Å². The zero-order chi connectivity index (χ0) is 14.5. The molecule has 2 aromatic rings. The highest BCUT2D eigenvalue weighted by atomic mass is 32.1. The lowest BCUT2D eigenvalue weighted by Crippen LogP contribution is -2.30. The molecule has 1 aromatic carbocycles. The molecule has 0 atom stereocenters. The SMILES string of the molecule is CN(Cc1ccc(C(=O)O)cc1)C(=O)Nc1cnns1. The van der Waals surface area contributed by atoms with E-state index >= 15 is 0 Å². The molecule has 0 unspecified atom stereocenters. The van der Waals surface area contributed by atoms with Crippen LogP contribution in [0.4, 0.5) is 9.80 Å². The van der Waals surface area contributed by atoms with E-state index in [9.17, 15) is 9.59 Å². The van der Waals surface area contributed by atoms with Crippen LogP contribution in [-0.2, 0) is 6.54 Å². The van der Waals surface area contributed by atoms with Gasteiger partial charge in [0.25, 0.3) is 0 Å². The van der Waals surface area contributed by atoms with Gasteiger partial charge in [0.1, 0.15) is 5.00 Å². The summed E-state index contributed by atoms with van der Waals surface area (Å²) in [6.07, 6.45) is 1.47. The van der Waals surface area contributed by atoms with Crippen molar-refractivity contribution in [3.05, 3.63) is 41.6 Å². The number of urea groups is 1. The van der Waals surface area contributed by atoms with Crippen LogP contribution in [0.25, 0.3) is 0 Å². The molecule has 0 aliphatic carbocycles. The number of benzene rings is 1. The third-order valence-electron chi connectivity index (χ3n) is 2.56. The number of hydrogen-bond donors (Lipinski definition) is 2. The molecule has 0 aliphatic rings. The third kappa shape index (κ3) is 3.51. The van der Waals surface area contributed by atoms with E-state index in [0.29, 0.717) is 11.5 Å². The molecule has 104 valence electrons. The molecule has 0 spiro atoms. The molecule has 8 heteroatoms. The second kappa shape index (κ2) is 6.11. The van der Waals surface area contributed by atoms with Crippen LogP contribution in [0.15, 0.2) is 30.5 Å². The molecule has 20 heavy (non-hydrogen) atoms. The molecule has 0 radical (unpaired) electrons. The lowest BCUT2D eigenvalue weighted by molar-refractivity contribution is 0.0697. The lowest BCUT2D eigenvalue weighted by Gasteiger charge is -2.17. The molecule has 0 aliphatic heterocycles. The molecule has 0 saturated carbocycles. The number of carboxylic acids is 1. The zero-order valence-electron chi connectivity index (χ0n) is 10.6. The smallest absolute Gasteiger partial charge is 0.335 e. The third-order valence-corrected chi connectivity index (χ3v) is 3.14. The zero-order valence-corrected chi connectivity index (χ0v) is 11.4. The number of aromatic carboxylic acids is 1. The van der Waals surface area contributed by atoms with Gasteiger partial charge in [0, 0.05) is 25.1 Å². The number of nitrogens with one attached hydrogen (secondary N) is 1. The van der Waals surface area contributed by atoms with Crippen LogP contribution in [0.5, 0.6) is 0 Å². The van der Waals surface area contributed by atoms with Gasteiger partial charge in [-0.2, -0.15) is 0 Å². The molecule has 7 nitrogen and oxygen atoms in total. The molecule has 2 N–H and O–H groups in total. The Labute approximate surface area is 119 Å². The number of carbonyl (C=O) groups excluding carboxylic acids is 1. The van der Waals surface area contributed by atoms with E-state index < -0.39 is 5.97 Å². The number of nitrogens with zero attached hydrogens (tertiary/aromatic N) is 3. The molecular formula is C12H12N4O3S. The maximum absolute atomic E-state index is 11.9. The Morgan fingerprint density at radius 3 is 2.60 bits per heavy atom. The van der Waals surface area contributed by atoms with Crippen LogP contribution in [0.1, 0.15) is 15.9 Å². The van der Waals surface area contributed by atoms with Crippen molar-refractivity contribution in [3.63, 3.8) is 0 Å². The number of aromatic nitrogens is 2. The first-order chi connectivity index (χ1) is 9.56. The number of anilines is 1. The van der Waals surface area contributed by atoms with Crippen LogP contribution in [0.2, 0.25) is 0 Å². The van der Waals surface area contributed by atoms with Gasteiger partial charge in [-0.25, -0.2) is 9.59 Å². The summed E-state index contributed by atoms with van der Waals surface area (Å²) in [7, 11) is 1.65. The van der Waals surface area contributed by atoms with Crippen LogP contribution in [0, 0.1) is 0 Å². The summed E-state index contributed by atoms with van der Waals surface area (Å²) in [5.41, 5.74) is 1.06. The predicted molar refractivity (Wildman–Crippen MR) is 73.8 cm³/mol. The molecule has 2 rings (SSSR count). The molecular weight excluding hydrogens is 280 g/mol. The summed E-state index contributed by atoms with van der Waals surface area (Å²) in [4.78, 5) is 24.1. The molecule has 0 bridgehead atoms. The highest BCUT2D eigenvalue weighted by molar-refractivity contribution is 7.10. The summed E-state index contributed by atoms with van der Waals surface area (Å²) < 4.78 is 3.65. The van der Waals surface area contributed by atoms with Crippen molar-refractivity contribution in [3.8, 4) is 0 Å². The van der Waals surface area contributed by atoms with Gasteiger partial charge in [0.15, 0.2) is 0 Å². The van der Waals surface area contributed by atoms with E-state index in [1.165, 1.54) is 23.2 Å². The number of rotatable bonds is 4. The van der Waals surface area contributed by atoms with E-state index in [0.717, 1.165) is 17.1 Å². The summed E-state index contributed by atoms with van der Waals surface area (Å²) in [5, 5.41) is 15.7. The first kappa shape index (κ1) is 13.9. The molecule has 1 heterocycles. The van der Waals surface area contributed by atoms with E-state index in [2.05, 4.69) is 14.9 Å². The Morgan fingerprint density at radius 2 is 2.05 bits per heavy atom. The number of hydrogen-bond acceptors (Lipinski definition) is 5. The second-order valence-electron chi connectivity index (χ2n) is 4.07. The van der Waals surface area contributed by atoms with Crippen molar-refractivity contribution in [2.24, 2.45) is 0 Å². The fourth-order valence-corrected chi connectivity index (χ4v) is 1.93. The van der Waals surface area contributed by atoms with Gasteiger partial charge in [-0.3, -0.25) is 5.32 Å². The van der Waals surface area contributed by atoms with E-state index in [4.69, 9.17) is 5.11 Å². The van der Waals surface area contributed by atoms with Gasteiger partial charge in [-0.15, -0.1) is 5.10 Å². The molecule has 2 amide bonds. The van der Waals surface area contributed by atoms with Crippen molar-refractivity contribution in [2.45, 2.75) is 6.54 Å². The van der Waals surface area contributed by atoms with Crippen LogP contribution in [0.3, 0.4) is 0 Å². The van der Waals surface area contributed by atoms with Gasteiger partial charge in [-0.1, -0.05) is 16.6 Å². The summed E-state index contributed by atoms with van der Waals surface area (Å²) in [5.74, 6) is -0.972. The summed E-state index contributed by atoms with van der Waals surface area (Å²) in [6, 6.07) is 6.11. The fourth-order valence-electron chi connectivity index (χ4n) is 1.52. The van der Waals surface area contributed by atoms with Crippen molar-refractivity contribution >= 4 is 28.5 Å². The number of carbonyl (C=O) groups is 2. The van der Waals surface area contributed by atoms with Crippen molar-refractivity contribution < 1.29 is 14.7 Å². The van der Waals surface area contributed by atoms with Gasteiger partial charge in [0.05, 0.1) is 11.8 Å². The van der Waals surface area contributed by atoms with Crippen LogP contribution < -0.4 is 5.32 Å². The van der Waals surface area contributed by atoms with E-state index in [1.54, 1.807) is 19.2 Å². The fraction of sp³-hybridized carbons (Fsp3) is 0.167. The van der Waals surface area contributed by atoms with Gasteiger partial charge < -0.3 is 10.0 Å². The number of carboxylic acid groups (broad SMARTS) is 1. The Kier molecular flexibility index (Phi) is 4.26. The minimum Gasteiger partial charge on any atom is -0.478 e. The number of amides is 2.